The highest BCUT2D eigenvalue weighted by molar-refractivity contribution is 7.88. The topological polar surface area (TPSA) is 72.2 Å². The van der Waals surface area contributed by atoms with E-state index in [2.05, 4.69) is 9.71 Å². The van der Waals surface area contributed by atoms with E-state index < -0.39 is 10.0 Å². The summed E-state index contributed by atoms with van der Waals surface area (Å²) in [6.07, 6.45) is 0.600. The van der Waals surface area contributed by atoms with Crippen molar-refractivity contribution >= 4 is 21.1 Å². The Morgan fingerprint density at radius 3 is 2.71 bits per heavy atom. The Bertz CT molecular complexity index is 961. The van der Waals surface area contributed by atoms with E-state index in [0.29, 0.717) is 18.9 Å². The maximum Gasteiger partial charge on any atom is 0.215 e. The molecule has 0 amide bonds. The van der Waals surface area contributed by atoms with Crippen molar-refractivity contribution in [1.29, 1.82) is 0 Å². The Balaban J connectivity index is 1.59. The number of benzene rings is 2. The van der Waals surface area contributed by atoms with Crippen LogP contribution in [0.15, 0.2) is 46.9 Å². The third kappa shape index (κ3) is 4.21. The van der Waals surface area contributed by atoms with E-state index in [-0.39, 0.29) is 5.75 Å². The van der Waals surface area contributed by atoms with E-state index in [1.54, 1.807) is 6.92 Å². The van der Waals surface area contributed by atoms with Gasteiger partial charge in [0.15, 0.2) is 11.5 Å². The molecular weight excluding hydrogens is 324 g/mol. The lowest BCUT2D eigenvalue weighted by atomic mass is 10.1. The van der Waals surface area contributed by atoms with E-state index in [9.17, 15) is 8.42 Å². The van der Waals surface area contributed by atoms with Crippen LogP contribution in [0.4, 0.5) is 0 Å². The van der Waals surface area contributed by atoms with Crippen LogP contribution >= 0.6 is 0 Å². The highest BCUT2D eigenvalue weighted by Gasteiger charge is 2.11. The number of nitrogens with zero attached hydrogens (tertiary/aromatic N) is 1. The molecule has 1 aromatic heterocycles. The maximum atomic E-state index is 12.2. The standard InChI is InChI=1S/C18H20N2O3S/c1-13-4-3-5-16(10-13)12-24(21,22)19-9-8-15-6-7-17-18(11-15)23-14(2)20-17/h3-7,10-11,19H,8-9,12H2,1-2H3. The van der Waals surface area contributed by atoms with Gasteiger partial charge in [-0.25, -0.2) is 18.1 Å². The van der Waals surface area contributed by atoms with Crippen molar-refractivity contribution in [2.45, 2.75) is 26.0 Å². The predicted octanol–water partition coefficient (Wildman–Crippen LogP) is 3.11. The minimum atomic E-state index is -3.35. The van der Waals surface area contributed by atoms with Gasteiger partial charge in [0.1, 0.15) is 5.52 Å². The number of nitrogens with one attached hydrogen (secondary N) is 1. The number of aryl methyl sites for hydroxylation is 2. The predicted molar refractivity (Wildman–Crippen MR) is 94.3 cm³/mol. The summed E-state index contributed by atoms with van der Waals surface area (Å²) in [5.41, 5.74) is 4.40. The van der Waals surface area contributed by atoms with E-state index in [1.807, 2.05) is 49.4 Å². The minimum Gasteiger partial charge on any atom is -0.441 e. The number of aromatic nitrogens is 1. The molecule has 6 heteroatoms. The van der Waals surface area contributed by atoms with Crippen LogP contribution in [0.5, 0.6) is 0 Å². The monoisotopic (exact) mass is 344 g/mol. The third-order valence-corrected chi connectivity index (χ3v) is 5.09. The van der Waals surface area contributed by atoms with Gasteiger partial charge in [-0.05, 0) is 36.6 Å². The van der Waals surface area contributed by atoms with E-state index in [1.165, 1.54) is 0 Å². The zero-order chi connectivity index (χ0) is 17.2. The minimum absolute atomic E-state index is 0.00495. The van der Waals surface area contributed by atoms with Crippen molar-refractivity contribution in [2.75, 3.05) is 6.54 Å². The molecule has 0 saturated heterocycles. The summed E-state index contributed by atoms with van der Waals surface area (Å²) in [5.74, 6) is 0.621. The lowest BCUT2D eigenvalue weighted by Crippen LogP contribution is -2.27. The molecule has 0 saturated carbocycles. The Morgan fingerprint density at radius 1 is 1.08 bits per heavy atom. The number of hydrogen-bond donors (Lipinski definition) is 1. The van der Waals surface area contributed by atoms with Gasteiger partial charge >= 0.3 is 0 Å². The van der Waals surface area contributed by atoms with Gasteiger partial charge in [-0.15, -0.1) is 0 Å². The number of fused-ring (bicyclic) bond motifs is 1. The van der Waals surface area contributed by atoms with Crippen molar-refractivity contribution in [2.24, 2.45) is 0 Å². The van der Waals surface area contributed by atoms with Crippen molar-refractivity contribution in [3.63, 3.8) is 0 Å². The van der Waals surface area contributed by atoms with Gasteiger partial charge in [0.2, 0.25) is 10.0 Å². The van der Waals surface area contributed by atoms with E-state index in [0.717, 1.165) is 27.8 Å². The molecule has 0 bridgehead atoms. The Labute approximate surface area is 141 Å². The molecule has 0 unspecified atom stereocenters. The summed E-state index contributed by atoms with van der Waals surface area (Å²) in [6, 6.07) is 13.3. The lowest BCUT2D eigenvalue weighted by molar-refractivity contribution is 0.560. The summed E-state index contributed by atoms with van der Waals surface area (Å²) >= 11 is 0. The first-order chi connectivity index (χ1) is 11.4. The molecule has 3 rings (SSSR count). The first kappa shape index (κ1) is 16.7. The number of hydrogen-bond acceptors (Lipinski definition) is 4. The fourth-order valence-electron chi connectivity index (χ4n) is 2.66. The molecule has 0 spiro atoms. The molecule has 24 heavy (non-hydrogen) atoms. The van der Waals surface area contributed by atoms with Gasteiger partial charge < -0.3 is 4.42 Å². The second-order valence-electron chi connectivity index (χ2n) is 5.93. The summed E-state index contributed by atoms with van der Waals surface area (Å²) in [7, 11) is -3.35. The molecule has 1 N–H and O–H groups in total. The number of rotatable bonds is 6. The van der Waals surface area contributed by atoms with E-state index >= 15 is 0 Å². The van der Waals surface area contributed by atoms with Crippen molar-refractivity contribution in [3.8, 4) is 0 Å². The smallest absolute Gasteiger partial charge is 0.215 e. The van der Waals surface area contributed by atoms with Crippen LogP contribution in [-0.4, -0.2) is 19.9 Å². The van der Waals surface area contributed by atoms with E-state index in [4.69, 9.17) is 4.42 Å². The van der Waals surface area contributed by atoms with Gasteiger partial charge in [0, 0.05) is 13.5 Å². The van der Waals surface area contributed by atoms with Crippen LogP contribution in [0.25, 0.3) is 11.1 Å². The summed E-state index contributed by atoms with van der Waals surface area (Å²) < 4.78 is 32.5. The zero-order valence-corrected chi connectivity index (χ0v) is 14.6. The number of oxazole rings is 1. The van der Waals surface area contributed by atoms with Gasteiger partial charge in [-0.3, -0.25) is 0 Å². The molecule has 126 valence electrons. The molecule has 0 aliphatic carbocycles. The summed E-state index contributed by atoms with van der Waals surface area (Å²) in [6.45, 7) is 4.11. The van der Waals surface area contributed by atoms with Gasteiger partial charge in [-0.1, -0.05) is 35.9 Å². The lowest BCUT2D eigenvalue weighted by Gasteiger charge is -2.07. The summed E-state index contributed by atoms with van der Waals surface area (Å²) in [4.78, 5) is 4.25. The molecule has 2 aromatic carbocycles. The Morgan fingerprint density at radius 2 is 1.92 bits per heavy atom. The van der Waals surface area contributed by atoms with Crippen molar-refractivity contribution in [1.82, 2.24) is 9.71 Å². The van der Waals surface area contributed by atoms with Gasteiger partial charge in [0.25, 0.3) is 0 Å². The number of sulfonamides is 1. The van der Waals surface area contributed by atoms with Gasteiger partial charge in [0.05, 0.1) is 5.75 Å². The average Bonchev–Trinajstić information content (AvgIpc) is 2.86. The molecule has 0 fully saturated rings. The molecule has 3 aromatic rings. The van der Waals surface area contributed by atoms with Crippen LogP contribution in [0.3, 0.4) is 0 Å². The first-order valence-corrected chi connectivity index (χ1v) is 9.45. The molecular formula is C18H20N2O3S. The molecule has 0 aliphatic heterocycles. The van der Waals surface area contributed by atoms with Crippen LogP contribution in [-0.2, 0) is 22.2 Å². The first-order valence-electron chi connectivity index (χ1n) is 7.80. The molecule has 0 atom stereocenters. The van der Waals surface area contributed by atoms with Crippen molar-refractivity contribution < 1.29 is 12.8 Å². The normalized spacial score (nSPS) is 11.9. The quantitative estimate of drug-likeness (QED) is 0.746. The highest BCUT2D eigenvalue weighted by atomic mass is 32.2. The zero-order valence-electron chi connectivity index (χ0n) is 13.7. The molecule has 0 radical (unpaired) electrons. The van der Waals surface area contributed by atoms with Crippen LogP contribution in [0, 0.1) is 13.8 Å². The third-order valence-electron chi connectivity index (χ3n) is 3.73. The second-order valence-corrected chi connectivity index (χ2v) is 7.73. The Kier molecular flexibility index (Phi) is 4.69. The van der Waals surface area contributed by atoms with Crippen molar-refractivity contribution in [3.05, 3.63) is 65.0 Å². The maximum absolute atomic E-state index is 12.2. The van der Waals surface area contributed by atoms with Crippen LogP contribution in [0.1, 0.15) is 22.6 Å². The van der Waals surface area contributed by atoms with Gasteiger partial charge in [-0.2, -0.15) is 0 Å². The van der Waals surface area contributed by atoms with Crippen LogP contribution < -0.4 is 4.72 Å². The summed E-state index contributed by atoms with van der Waals surface area (Å²) in [5, 5.41) is 0. The fraction of sp³-hybridized carbons (Fsp3) is 0.278. The largest absolute Gasteiger partial charge is 0.441 e. The fourth-order valence-corrected chi connectivity index (χ4v) is 3.80. The molecule has 5 nitrogen and oxygen atoms in total. The SMILES string of the molecule is Cc1cccc(CS(=O)(=O)NCCc2ccc3nc(C)oc3c2)c1. The molecule has 1 heterocycles. The molecule has 0 aliphatic rings. The average molecular weight is 344 g/mol. The highest BCUT2D eigenvalue weighted by Crippen LogP contribution is 2.17. The Hall–Kier alpha value is -2.18. The second kappa shape index (κ2) is 6.75. The van der Waals surface area contributed by atoms with Crippen LogP contribution in [0.2, 0.25) is 0 Å².